The second-order valence-corrected chi connectivity index (χ2v) is 10.3. The average molecular weight is 457 g/mol. The molecule has 32 heavy (non-hydrogen) atoms. The summed E-state index contributed by atoms with van der Waals surface area (Å²) in [6.07, 6.45) is 6.81. The summed E-state index contributed by atoms with van der Waals surface area (Å²) >= 11 is 0. The molecule has 0 spiro atoms. The lowest BCUT2D eigenvalue weighted by molar-refractivity contribution is -0.142. The molecule has 4 rings (SSSR count). The van der Waals surface area contributed by atoms with E-state index in [4.69, 9.17) is 4.74 Å². The summed E-state index contributed by atoms with van der Waals surface area (Å²) in [6, 6.07) is 8.82. The number of aromatic nitrogens is 3. The molecule has 0 amide bonds. The van der Waals surface area contributed by atoms with Crippen molar-refractivity contribution >= 4 is 32.8 Å². The second kappa shape index (κ2) is 8.90. The van der Waals surface area contributed by atoms with Crippen molar-refractivity contribution < 1.29 is 17.9 Å². The third-order valence-corrected chi connectivity index (χ3v) is 7.91. The Balaban J connectivity index is 1.57. The molecule has 0 atom stereocenters. The number of rotatable bonds is 6. The molecule has 0 N–H and O–H groups in total. The average Bonchev–Trinajstić information content (AvgIpc) is 3.23. The van der Waals surface area contributed by atoms with Gasteiger partial charge in [0.25, 0.3) is 10.0 Å². The highest BCUT2D eigenvalue weighted by Crippen LogP contribution is 2.33. The van der Waals surface area contributed by atoms with E-state index < -0.39 is 10.0 Å². The van der Waals surface area contributed by atoms with Crippen LogP contribution in [0.3, 0.4) is 0 Å². The van der Waals surface area contributed by atoms with Gasteiger partial charge in [-0.3, -0.25) is 4.79 Å². The van der Waals surface area contributed by atoms with Crippen molar-refractivity contribution in [3.63, 3.8) is 0 Å². The number of carbonyl (C=O) groups is 1. The van der Waals surface area contributed by atoms with Crippen LogP contribution in [0.1, 0.15) is 38.2 Å². The smallest absolute Gasteiger partial charge is 0.302 e. The molecule has 0 saturated heterocycles. The lowest BCUT2D eigenvalue weighted by Gasteiger charge is -2.35. The quantitative estimate of drug-likeness (QED) is 0.524. The molecule has 0 unspecified atom stereocenters. The molecule has 2 heterocycles. The van der Waals surface area contributed by atoms with Gasteiger partial charge in [0.15, 0.2) is 5.65 Å². The SMILES string of the molecule is CC(=O)OCC1CCC(N(C)c2ncnc3c2ccn3S(=O)(=O)c2ccc(C)cc2)CC1. The molecule has 1 aromatic carbocycles. The van der Waals surface area contributed by atoms with Crippen LogP contribution in [0.2, 0.25) is 0 Å². The van der Waals surface area contributed by atoms with Crippen molar-refractivity contribution in [3.8, 4) is 0 Å². The van der Waals surface area contributed by atoms with E-state index in [1.807, 2.05) is 14.0 Å². The third kappa shape index (κ3) is 4.34. The first-order valence-corrected chi connectivity index (χ1v) is 12.2. The maximum Gasteiger partial charge on any atom is 0.302 e. The van der Waals surface area contributed by atoms with Gasteiger partial charge in [-0.1, -0.05) is 17.7 Å². The maximum atomic E-state index is 13.2. The van der Waals surface area contributed by atoms with Crippen LogP contribution in [0.25, 0.3) is 11.0 Å². The number of anilines is 1. The van der Waals surface area contributed by atoms with Crippen molar-refractivity contribution in [3.05, 3.63) is 48.4 Å². The highest BCUT2D eigenvalue weighted by molar-refractivity contribution is 7.90. The molecule has 1 aliphatic carbocycles. The monoisotopic (exact) mass is 456 g/mol. The van der Waals surface area contributed by atoms with Crippen LogP contribution in [-0.4, -0.2) is 48.0 Å². The van der Waals surface area contributed by atoms with E-state index in [9.17, 15) is 13.2 Å². The summed E-state index contributed by atoms with van der Waals surface area (Å²) in [5.41, 5.74) is 1.36. The Morgan fingerprint density at radius 1 is 1.12 bits per heavy atom. The normalized spacial score (nSPS) is 19.1. The minimum atomic E-state index is -3.76. The zero-order valence-corrected chi connectivity index (χ0v) is 19.4. The van der Waals surface area contributed by atoms with Crippen LogP contribution in [-0.2, 0) is 19.6 Å². The standard InChI is InChI=1S/C23H28N4O4S/c1-16-4-10-20(11-5-16)32(29,30)27-13-12-21-22(24-15-25-23(21)27)26(3)19-8-6-18(7-9-19)14-31-17(2)28/h4-5,10-13,15,18-19H,6-9,14H2,1-3H3. The molecular weight excluding hydrogens is 428 g/mol. The van der Waals surface area contributed by atoms with Gasteiger partial charge in [-0.15, -0.1) is 0 Å². The number of hydrogen-bond acceptors (Lipinski definition) is 7. The fourth-order valence-corrected chi connectivity index (χ4v) is 5.62. The topological polar surface area (TPSA) is 94.4 Å². The maximum absolute atomic E-state index is 13.2. The lowest BCUT2D eigenvalue weighted by Crippen LogP contribution is -2.36. The summed E-state index contributed by atoms with van der Waals surface area (Å²) < 4.78 is 32.8. The molecule has 1 saturated carbocycles. The van der Waals surface area contributed by atoms with Crippen LogP contribution < -0.4 is 4.90 Å². The molecule has 0 radical (unpaired) electrons. The van der Waals surface area contributed by atoms with E-state index in [1.54, 1.807) is 36.5 Å². The molecule has 2 aromatic heterocycles. The van der Waals surface area contributed by atoms with Gasteiger partial charge in [0, 0.05) is 26.2 Å². The van der Waals surface area contributed by atoms with E-state index in [-0.39, 0.29) is 16.9 Å². The molecule has 0 aliphatic heterocycles. The van der Waals surface area contributed by atoms with Crippen molar-refractivity contribution in [2.24, 2.45) is 5.92 Å². The van der Waals surface area contributed by atoms with E-state index in [0.717, 1.165) is 37.1 Å². The van der Waals surface area contributed by atoms with Gasteiger partial charge in [-0.25, -0.2) is 22.4 Å². The Labute approximate surface area is 188 Å². The van der Waals surface area contributed by atoms with E-state index in [2.05, 4.69) is 14.9 Å². The van der Waals surface area contributed by atoms with Gasteiger partial charge in [0.2, 0.25) is 0 Å². The first-order valence-electron chi connectivity index (χ1n) is 10.8. The predicted molar refractivity (Wildman–Crippen MR) is 122 cm³/mol. The lowest BCUT2D eigenvalue weighted by atomic mass is 9.86. The molecule has 170 valence electrons. The number of fused-ring (bicyclic) bond motifs is 1. The van der Waals surface area contributed by atoms with Crippen LogP contribution >= 0.6 is 0 Å². The van der Waals surface area contributed by atoms with Gasteiger partial charge in [0.05, 0.1) is 16.9 Å². The van der Waals surface area contributed by atoms with E-state index >= 15 is 0 Å². The molecule has 1 fully saturated rings. The van der Waals surface area contributed by atoms with Gasteiger partial charge >= 0.3 is 5.97 Å². The Morgan fingerprint density at radius 2 is 1.81 bits per heavy atom. The summed E-state index contributed by atoms with van der Waals surface area (Å²) in [5, 5.41) is 0.702. The van der Waals surface area contributed by atoms with Crippen molar-refractivity contribution in [1.29, 1.82) is 0 Å². The number of carbonyl (C=O) groups excluding carboxylic acids is 1. The first kappa shape index (κ1) is 22.3. The number of nitrogens with zero attached hydrogens (tertiary/aromatic N) is 4. The molecular formula is C23H28N4O4S. The van der Waals surface area contributed by atoms with Gasteiger partial charge in [-0.05, 0) is 56.7 Å². The van der Waals surface area contributed by atoms with Crippen LogP contribution in [0, 0.1) is 12.8 Å². The second-order valence-electron chi connectivity index (χ2n) is 8.45. The summed E-state index contributed by atoms with van der Waals surface area (Å²) in [7, 11) is -1.77. The van der Waals surface area contributed by atoms with Crippen molar-refractivity contribution in [2.75, 3.05) is 18.6 Å². The Kier molecular flexibility index (Phi) is 6.19. The zero-order chi connectivity index (χ0) is 22.9. The minimum absolute atomic E-state index is 0.222. The molecule has 3 aromatic rings. The Bertz CT molecular complexity index is 1210. The zero-order valence-electron chi connectivity index (χ0n) is 18.6. The molecule has 8 nitrogen and oxygen atoms in total. The third-order valence-electron chi connectivity index (χ3n) is 6.23. The highest BCUT2D eigenvalue weighted by atomic mass is 32.2. The Hall–Kier alpha value is -2.94. The number of esters is 1. The summed E-state index contributed by atoms with van der Waals surface area (Å²) in [5.74, 6) is 0.865. The van der Waals surface area contributed by atoms with Crippen molar-refractivity contribution in [2.45, 2.75) is 50.5 Å². The summed E-state index contributed by atoms with van der Waals surface area (Å²) in [6.45, 7) is 3.83. The number of benzene rings is 1. The predicted octanol–water partition coefficient (Wildman–Crippen LogP) is 3.53. The van der Waals surface area contributed by atoms with Crippen LogP contribution in [0.4, 0.5) is 5.82 Å². The number of ether oxygens (including phenoxy) is 1. The highest BCUT2D eigenvalue weighted by Gasteiger charge is 2.28. The summed E-state index contributed by atoms with van der Waals surface area (Å²) in [4.78, 5) is 22.2. The van der Waals surface area contributed by atoms with Crippen LogP contribution in [0.15, 0.2) is 47.8 Å². The minimum Gasteiger partial charge on any atom is -0.466 e. The van der Waals surface area contributed by atoms with Crippen molar-refractivity contribution in [1.82, 2.24) is 13.9 Å². The van der Waals surface area contributed by atoms with Crippen LogP contribution in [0.5, 0.6) is 0 Å². The molecule has 9 heteroatoms. The number of hydrogen-bond donors (Lipinski definition) is 0. The van der Waals surface area contributed by atoms with Gasteiger partial charge in [-0.2, -0.15) is 0 Å². The number of aryl methyl sites for hydroxylation is 1. The van der Waals surface area contributed by atoms with Gasteiger partial charge in [0.1, 0.15) is 12.1 Å². The van der Waals surface area contributed by atoms with E-state index in [1.165, 1.54) is 17.2 Å². The molecule has 1 aliphatic rings. The largest absolute Gasteiger partial charge is 0.466 e. The molecule has 0 bridgehead atoms. The Morgan fingerprint density at radius 3 is 2.47 bits per heavy atom. The van der Waals surface area contributed by atoms with E-state index in [0.29, 0.717) is 23.6 Å². The fourth-order valence-electron chi connectivity index (χ4n) is 4.32. The van der Waals surface area contributed by atoms with Gasteiger partial charge < -0.3 is 9.64 Å². The fraction of sp³-hybridized carbons (Fsp3) is 0.435. The first-order chi connectivity index (χ1) is 15.3.